The van der Waals surface area contributed by atoms with Crippen molar-refractivity contribution in [3.63, 3.8) is 0 Å². The van der Waals surface area contributed by atoms with Crippen molar-refractivity contribution < 1.29 is 0 Å². The maximum absolute atomic E-state index is 6.33. The van der Waals surface area contributed by atoms with E-state index in [2.05, 4.69) is 54.6 Å². The van der Waals surface area contributed by atoms with Gasteiger partial charge in [-0.2, -0.15) is 0 Å². The number of hydrogen-bond donors (Lipinski definition) is 1. The molecule has 0 saturated heterocycles. The van der Waals surface area contributed by atoms with Gasteiger partial charge in [-0.15, -0.1) is 0 Å². The third-order valence-corrected chi connectivity index (χ3v) is 5.34. The molecule has 2 N–H and O–H groups in total. The second-order valence-corrected chi connectivity index (χ2v) is 6.99. The van der Waals surface area contributed by atoms with Gasteiger partial charge in [0.25, 0.3) is 0 Å². The molecule has 1 aliphatic heterocycles. The molecule has 2 unspecified atom stereocenters. The molecular weight excluding hydrogens is 326 g/mol. The van der Waals surface area contributed by atoms with Crippen molar-refractivity contribution in [2.45, 2.75) is 25.3 Å². The van der Waals surface area contributed by atoms with Gasteiger partial charge in [-0.25, -0.2) is 10.8 Å². The van der Waals surface area contributed by atoms with E-state index in [1.54, 1.807) is 5.01 Å². The minimum Gasteiger partial charge on any atom is -0.277 e. The predicted octanol–water partition coefficient (Wildman–Crippen LogP) is 4.53. The van der Waals surface area contributed by atoms with Gasteiger partial charge in [-0.3, -0.25) is 5.01 Å². The van der Waals surface area contributed by atoms with Crippen molar-refractivity contribution in [1.82, 2.24) is 5.01 Å². The molecule has 0 radical (unpaired) electrons. The van der Waals surface area contributed by atoms with Crippen LogP contribution >= 0.6 is 12.2 Å². The molecule has 0 spiro atoms. The van der Waals surface area contributed by atoms with Crippen LogP contribution in [-0.2, 0) is 0 Å². The number of hydrogen-bond acceptors (Lipinski definition) is 2. The summed E-state index contributed by atoms with van der Waals surface area (Å²) >= 11 is 5.48. The van der Waals surface area contributed by atoms with Crippen molar-refractivity contribution in [3.05, 3.63) is 77.4 Å². The monoisotopic (exact) mass is 347 g/mol. The Bertz CT molecular complexity index is 827. The fourth-order valence-electron chi connectivity index (χ4n) is 3.89. The van der Waals surface area contributed by atoms with Crippen LogP contribution < -0.4 is 5.84 Å². The van der Waals surface area contributed by atoms with E-state index in [0.717, 1.165) is 25.0 Å². The van der Waals surface area contributed by atoms with Crippen LogP contribution in [0, 0.1) is 5.92 Å². The SMILES string of the molecule is NN1C(=S)N=C2/C(=C/c3ccccc3)CCCC2C1c1ccccc1. The summed E-state index contributed by atoms with van der Waals surface area (Å²) in [5.41, 5.74) is 4.82. The van der Waals surface area contributed by atoms with Gasteiger partial charge in [0.15, 0.2) is 0 Å². The van der Waals surface area contributed by atoms with Gasteiger partial charge < -0.3 is 0 Å². The minimum atomic E-state index is 0.0562. The molecule has 2 atom stereocenters. The molecule has 1 saturated carbocycles. The van der Waals surface area contributed by atoms with Crippen molar-refractivity contribution >= 4 is 29.1 Å². The summed E-state index contributed by atoms with van der Waals surface area (Å²) in [7, 11) is 0. The van der Waals surface area contributed by atoms with E-state index >= 15 is 0 Å². The molecule has 0 aromatic heterocycles. The molecule has 0 bridgehead atoms. The Morgan fingerprint density at radius 1 is 1.04 bits per heavy atom. The van der Waals surface area contributed by atoms with Crippen molar-refractivity contribution in [2.24, 2.45) is 16.8 Å². The number of aliphatic imine (C=N–C) groups is 1. The van der Waals surface area contributed by atoms with Crippen molar-refractivity contribution in [2.75, 3.05) is 0 Å². The van der Waals surface area contributed by atoms with Gasteiger partial charge in [0.05, 0.1) is 11.8 Å². The normalized spacial score (nSPS) is 24.8. The molecule has 25 heavy (non-hydrogen) atoms. The molecule has 1 fully saturated rings. The first kappa shape index (κ1) is 16.2. The van der Waals surface area contributed by atoms with Crippen LogP contribution in [0.3, 0.4) is 0 Å². The Morgan fingerprint density at radius 2 is 1.72 bits per heavy atom. The Labute approximate surface area is 153 Å². The molecule has 3 nitrogen and oxygen atoms in total. The topological polar surface area (TPSA) is 41.6 Å². The molecule has 1 heterocycles. The predicted molar refractivity (Wildman–Crippen MR) is 107 cm³/mol. The highest BCUT2D eigenvalue weighted by Crippen LogP contribution is 2.41. The first-order chi connectivity index (χ1) is 12.2. The number of nitrogens with zero attached hydrogens (tertiary/aromatic N) is 2. The van der Waals surface area contributed by atoms with Crippen LogP contribution in [0.15, 0.2) is 71.2 Å². The molecule has 2 aliphatic rings. The van der Waals surface area contributed by atoms with Crippen LogP contribution in [0.25, 0.3) is 6.08 Å². The average molecular weight is 347 g/mol. The number of hydrazine groups is 1. The van der Waals surface area contributed by atoms with E-state index in [1.165, 1.54) is 16.7 Å². The summed E-state index contributed by atoms with van der Waals surface area (Å²) < 4.78 is 0. The fraction of sp³-hybridized carbons (Fsp3) is 0.238. The summed E-state index contributed by atoms with van der Waals surface area (Å²) in [6.07, 6.45) is 5.52. The largest absolute Gasteiger partial charge is 0.277 e. The zero-order valence-corrected chi connectivity index (χ0v) is 14.8. The van der Waals surface area contributed by atoms with Crippen LogP contribution in [0.1, 0.15) is 36.4 Å². The zero-order chi connectivity index (χ0) is 17.2. The average Bonchev–Trinajstić information content (AvgIpc) is 2.65. The lowest BCUT2D eigenvalue weighted by molar-refractivity contribution is 0.253. The molecule has 4 rings (SSSR count). The smallest absolute Gasteiger partial charge is 0.210 e. The third-order valence-electron chi connectivity index (χ3n) is 5.04. The maximum atomic E-state index is 6.33. The lowest BCUT2D eigenvalue weighted by atomic mass is 9.75. The van der Waals surface area contributed by atoms with Gasteiger partial charge >= 0.3 is 0 Å². The van der Waals surface area contributed by atoms with Crippen LogP contribution in [0.4, 0.5) is 0 Å². The number of benzene rings is 2. The summed E-state index contributed by atoms with van der Waals surface area (Å²) in [6, 6.07) is 20.9. The molecular formula is C21H21N3S. The quantitative estimate of drug-likeness (QED) is 0.641. The second-order valence-electron chi connectivity index (χ2n) is 6.62. The Balaban J connectivity index is 1.76. The molecule has 0 amide bonds. The first-order valence-corrected chi connectivity index (χ1v) is 9.12. The highest BCUT2D eigenvalue weighted by molar-refractivity contribution is 7.80. The molecule has 126 valence electrons. The second kappa shape index (κ2) is 6.90. The zero-order valence-electron chi connectivity index (χ0n) is 14.0. The first-order valence-electron chi connectivity index (χ1n) is 8.71. The van der Waals surface area contributed by atoms with E-state index in [0.29, 0.717) is 5.11 Å². The number of nitrogens with two attached hydrogens (primary N) is 1. The van der Waals surface area contributed by atoms with Crippen molar-refractivity contribution in [3.8, 4) is 0 Å². The van der Waals surface area contributed by atoms with Gasteiger partial charge in [-0.1, -0.05) is 60.7 Å². The van der Waals surface area contributed by atoms with E-state index in [1.807, 2.05) is 12.1 Å². The highest BCUT2D eigenvalue weighted by Gasteiger charge is 2.39. The Kier molecular flexibility index (Phi) is 4.47. The number of allylic oxidation sites excluding steroid dienone is 1. The summed E-state index contributed by atoms with van der Waals surface area (Å²) in [6.45, 7) is 0. The lowest BCUT2D eigenvalue weighted by Crippen LogP contribution is -2.49. The molecule has 1 aliphatic carbocycles. The van der Waals surface area contributed by atoms with E-state index in [4.69, 9.17) is 23.1 Å². The van der Waals surface area contributed by atoms with Crippen molar-refractivity contribution in [1.29, 1.82) is 0 Å². The fourth-order valence-corrected chi connectivity index (χ4v) is 4.10. The molecule has 4 heteroatoms. The standard InChI is InChI=1S/C21H21N3S/c22-24-20(16-10-5-2-6-11-16)18-13-7-12-17(19(18)23-21(24)25)14-15-8-3-1-4-9-15/h1-6,8-11,14,18,20H,7,12-13,22H2/b17-14+. The van der Waals surface area contributed by atoms with E-state index in [-0.39, 0.29) is 12.0 Å². The minimum absolute atomic E-state index is 0.0562. The Hall–Kier alpha value is -2.30. The van der Waals surface area contributed by atoms with Gasteiger partial charge in [0.2, 0.25) is 5.11 Å². The van der Waals surface area contributed by atoms with Gasteiger partial charge in [0.1, 0.15) is 0 Å². The maximum Gasteiger partial charge on any atom is 0.210 e. The highest BCUT2D eigenvalue weighted by atomic mass is 32.1. The van der Waals surface area contributed by atoms with Crippen LogP contribution in [-0.4, -0.2) is 15.8 Å². The number of thiocarbonyl (C=S) groups is 1. The molecule has 2 aromatic rings. The van der Waals surface area contributed by atoms with Crippen LogP contribution in [0.5, 0.6) is 0 Å². The summed E-state index contributed by atoms with van der Waals surface area (Å²) in [5.74, 6) is 6.61. The molecule has 2 aromatic carbocycles. The Morgan fingerprint density at radius 3 is 2.44 bits per heavy atom. The lowest BCUT2D eigenvalue weighted by Gasteiger charge is -2.42. The summed E-state index contributed by atoms with van der Waals surface area (Å²) in [4.78, 5) is 4.72. The summed E-state index contributed by atoms with van der Waals surface area (Å²) in [5, 5.41) is 2.14. The van der Waals surface area contributed by atoms with Gasteiger partial charge in [-0.05, 0) is 54.3 Å². The van der Waals surface area contributed by atoms with Crippen LogP contribution in [0.2, 0.25) is 0 Å². The third kappa shape index (κ3) is 3.15. The number of rotatable bonds is 2. The van der Waals surface area contributed by atoms with Gasteiger partial charge in [0, 0.05) is 5.92 Å². The van der Waals surface area contributed by atoms with E-state index in [9.17, 15) is 0 Å². The number of fused-ring (bicyclic) bond motifs is 1. The van der Waals surface area contributed by atoms with E-state index < -0.39 is 0 Å².